The van der Waals surface area contributed by atoms with Crippen LogP contribution in [0.4, 0.5) is 10.1 Å². The molecule has 1 amide bonds. The number of rotatable bonds is 2. The van der Waals surface area contributed by atoms with Crippen LogP contribution in [0.25, 0.3) is 0 Å². The molecule has 88 valence electrons. The predicted molar refractivity (Wildman–Crippen MR) is 64.0 cm³/mol. The summed E-state index contributed by atoms with van der Waals surface area (Å²) in [5.74, 6) is -1.00. The maximum Gasteiger partial charge on any atom is 0.305 e. The van der Waals surface area contributed by atoms with Crippen LogP contribution in [0.3, 0.4) is 0 Å². The number of carbonyl (C=O) groups excluding carboxylic acids is 1. The van der Waals surface area contributed by atoms with E-state index in [-0.39, 0.29) is 15.4 Å². The van der Waals surface area contributed by atoms with E-state index in [1.807, 2.05) is 0 Å². The molecule has 0 saturated carbocycles. The fraction of sp³-hybridized carbons (Fsp3) is 0.0909. The van der Waals surface area contributed by atoms with Crippen molar-refractivity contribution in [3.8, 4) is 0 Å². The van der Waals surface area contributed by atoms with Gasteiger partial charge in [-0.3, -0.25) is 9.59 Å². The molecule has 17 heavy (non-hydrogen) atoms. The smallest absolute Gasteiger partial charge is 0.305 e. The minimum atomic E-state index is -0.513. The van der Waals surface area contributed by atoms with Crippen LogP contribution >= 0.6 is 11.3 Å². The molecule has 2 aromatic rings. The van der Waals surface area contributed by atoms with Gasteiger partial charge in [-0.1, -0.05) is 23.5 Å². The summed E-state index contributed by atoms with van der Waals surface area (Å²) in [6.45, 7) is 1.62. The van der Waals surface area contributed by atoms with E-state index in [1.54, 1.807) is 13.0 Å². The maximum atomic E-state index is 13.3. The van der Waals surface area contributed by atoms with Crippen molar-refractivity contribution in [3.05, 3.63) is 50.3 Å². The standard InChI is InChI=1S/C11H9FN2O2S/c1-6-9(17-11(16)13-6)10(15)14-8-5-3-2-4-7(8)12/h2-5H,1H3,(H,13,16)(H,14,15). The lowest BCUT2D eigenvalue weighted by atomic mass is 10.3. The van der Waals surface area contributed by atoms with E-state index in [0.29, 0.717) is 5.69 Å². The Bertz CT molecular complexity index is 618. The molecule has 4 nitrogen and oxygen atoms in total. The second-order valence-corrected chi connectivity index (χ2v) is 4.39. The average Bonchev–Trinajstić information content (AvgIpc) is 2.61. The number of nitrogens with one attached hydrogen (secondary N) is 2. The van der Waals surface area contributed by atoms with Gasteiger partial charge in [-0.05, 0) is 19.1 Å². The molecule has 0 aliphatic heterocycles. The number of halogens is 1. The van der Waals surface area contributed by atoms with Crippen LogP contribution < -0.4 is 10.2 Å². The Kier molecular flexibility index (Phi) is 3.06. The number of hydrogen-bond acceptors (Lipinski definition) is 3. The molecule has 0 radical (unpaired) electrons. The van der Waals surface area contributed by atoms with E-state index in [2.05, 4.69) is 10.3 Å². The van der Waals surface area contributed by atoms with Gasteiger partial charge in [0.05, 0.1) is 5.69 Å². The highest BCUT2D eigenvalue weighted by molar-refractivity contribution is 7.11. The zero-order valence-corrected chi connectivity index (χ0v) is 9.73. The number of aryl methyl sites for hydroxylation is 1. The van der Waals surface area contributed by atoms with Crippen LogP contribution in [0.2, 0.25) is 0 Å². The molecule has 0 fully saturated rings. The minimum Gasteiger partial charge on any atom is -0.319 e. The molecule has 1 heterocycles. The first-order valence-corrected chi connectivity index (χ1v) is 5.65. The van der Waals surface area contributed by atoms with Gasteiger partial charge in [0.1, 0.15) is 10.7 Å². The van der Waals surface area contributed by atoms with Gasteiger partial charge in [0.15, 0.2) is 0 Å². The summed E-state index contributed by atoms with van der Waals surface area (Å²) in [6.07, 6.45) is 0. The highest BCUT2D eigenvalue weighted by Gasteiger charge is 2.14. The molecule has 2 rings (SSSR count). The molecule has 0 atom stereocenters. The first-order chi connectivity index (χ1) is 8.08. The topological polar surface area (TPSA) is 62.0 Å². The van der Waals surface area contributed by atoms with Gasteiger partial charge < -0.3 is 10.3 Å². The third kappa shape index (κ3) is 2.42. The summed E-state index contributed by atoms with van der Waals surface area (Å²) in [5.41, 5.74) is 0.576. The third-order valence-electron chi connectivity index (χ3n) is 2.15. The largest absolute Gasteiger partial charge is 0.319 e. The van der Waals surface area contributed by atoms with Crippen molar-refractivity contribution < 1.29 is 9.18 Å². The molecule has 0 saturated heterocycles. The number of benzene rings is 1. The van der Waals surface area contributed by atoms with Crippen molar-refractivity contribution in [1.29, 1.82) is 0 Å². The molecular formula is C11H9FN2O2S. The lowest BCUT2D eigenvalue weighted by Crippen LogP contribution is -2.12. The van der Waals surface area contributed by atoms with Gasteiger partial charge in [0.2, 0.25) is 0 Å². The summed E-state index contributed by atoms with van der Waals surface area (Å²) in [5, 5.41) is 2.42. The van der Waals surface area contributed by atoms with E-state index in [1.165, 1.54) is 18.2 Å². The Balaban J connectivity index is 2.26. The lowest BCUT2D eigenvalue weighted by Gasteiger charge is -2.04. The van der Waals surface area contributed by atoms with Crippen LogP contribution in [-0.4, -0.2) is 10.9 Å². The van der Waals surface area contributed by atoms with E-state index in [9.17, 15) is 14.0 Å². The third-order valence-corrected chi connectivity index (χ3v) is 3.14. The Morgan fingerprint density at radius 1 is 1.41 bits per heavy atom. The van der Waals surface area contributed by atoms with Crippen molar-refractivity contribution in [1.82, 2.24) is 4.98 Å². The highest BCUT2D eigenvalue weighted by atomic mass is 32.1. The van der Waals surface area contributed by atoms with E-state index < -0.39 is 11.7 Å². The number of thiazole rings is 1. The van der Waals surface area contributed by atoms with Crippen LogP contribution in [0.1, 0.15) is 15.4 Å². The number of hydrogen-bond donors (Lipinski definition) is 2. The molecule has 6 heteroatoms. The van der Waals surface area contributed by atoms with E-state index in [0.717, 1.165) is 11.3 Å². The first kappa shape index (κ1) is 11.5. The molecule has 0 aliphatic carbocycles. The van der Waals surface area contributed by atoms with Gasteiger partial charge in [0, 0.05) is 5.69 Å². The maximum absolute atomic E-state index is 13.3. The van der Waals surface area contributed by atoms with Gasteiger partial charge in [-0.25, -0.2) is 4.39 Å². The van der Waals surface area contributed by atoms with Crippen LogP contribution in [-0.2, 0) is 0 Å². The molecule has 2 N–H and O–H groups in total. The minimum absolute atomic E-state index is 0.0951. The normalized spacial score (nSPS) is 10.2. The zero-order valence-electron chi connectivity index (χ0n) is 8.91. The van der Waals surface area contributed by atoms with Crippen molar-refractivity contribution in [2.24, 2.45) is 0 Å². The second-order valence-electron chi connectivity index (χ2n) is 3.40. The van der Waals surface area contributed by atoms with Crippen LogP contribution in [0.5, 0.6) is 0 Å². The zero-order chi connectivity index (χ0) is 12.4. The van der Waals surface area contributed by atoms with Crippen molar-refractivity contribution in [2.45, 2.75) is 6.92 Å². The molecular weight excluding hydrogens is 243 g/mol. The van der Waals surface area contributed by atoms with Crippen LogP contribution in [0.15, 0.2) is 29.1 Å². The molecule has 0 aliphatic rings. The molecule has 0 unspecified atom stereocenters. The molecule has 0 spiro atoms. The van der Waals surface area contributed by atoms with E-state index in [4.69, 9.17) is 0 Å². The Labute approximate surface area is 100 Å². The van der Waals surface area contributed by atoms with Crippen molar-refractivity contribution >= 4 is 22.9 Å². The SMILES string of the molecule is Cc1[nH]c(=O)sc1C(=O)Nc1ccccc1F. The Hall–Kier alpha value is -1.95. The van der Waals surface area contributed by atoms with Gasteiger partial charge in [0.25, 0.3) is 5.91 Å². The Morgan fingerprint density at radius 3 is 2.71 bits per heavy atom. The molecule has 0 bridgehead atoms. The monoisotopic (exact) mass is 252 g/mol. The van der Waals surface area contributed by atoms with Gasteiger partial charge in [-0.15, -0.1) is 0 Å². The second kappa shape index (κ2) is 4.50. The van der Waals surface area contributed by atoms with Crippen molar-refractivity contribution in [2.75, 3.05) is 5.32 Å². The van der Waals surface area contributed by atoms with Crippen molar-refractivity contribution in [3.63, 3.8) is 0 Å². The summed E-state index contributed by atoms with van der Waals surface area (Å²) in [6, 6.07) is 5.86. The fourth-order valence-electron chi connectivity index (χ4n) is 1.36. The first-order valence-electron chi connectivity index (χ1n) is 4.83. The number of aromatic nitrogens is 1. The van der Waals surface area contributed by atoms with Crippen LogP contribution in [0, 0.1) is 12.7 Å². The number of carbonyl (C=O) groups is 1. The Morgan fingerprint density at radius 2 is 2.12 bits per heavy atom. The summed E-state index contributed by atoms with van der Waals surface area (Å²) < 4.78 is 13.3. The summed E-state index contributed by atoms with van der Waals surface area (Å²) in [7, 11) is 0. The van der Waals surface area contributed by atoms with E-state index >= 15 is 0 Å². The molecule has 1 aromatic carbocycles. The quantitative estimate of drug-likeness (QED) is 0.860. The average molecular weight is 252 g/mol. The number of amides is 1. The number of anilines is 1. The summed E-state index contributed by atoms with van der Waals surface area (Å²) >= 11 is 0.802. The number of aromatic amines is 1. The fourth-order valence-corrected chi connectivity index (χ4v) is 2.10. The highest BCUT2D eigenvalue weighted by Crippen LogP contribution is 2.15. The molecule has 1 aromatic heterocycles. The summed E-state index contributed by atoms with van der Waals surface area (Å²) in [4.78, 5) is 25.3. The van der Waals surface area contributed by atoms with Gasteiger partial charge >= 0.3 is 4.87 Å². The van der Waals surface area contributed by atoms with Gasteiger partial charge in [-0.2, -0.15) is 0 Å². The number of para-hydroxylation sites is 1. The lowest BCUT2D eigenvalue weighted by molar-refractivity contribution is 0.102. The number of H-pyrrole nitrogens is 1. The predicted octanol–water partition coefficient (Wildman–Crippen LogP) is 2.14.